The van der Waals surface area contributed by atoms with Gasteiger partial charge >= 0.3 is 0 Å². The van der Waals surface area contributed by atoms with E-state index in [1.165, 1.54) is 0 Å². The highest BCUT2D eigenvalue weighted by atomic mass is 16.2. The number of aryl methyl sites for hydroxylation is 3. The third-order valence-corrected chi connectivity index (χ3v) is 6.00. The zero-order valence-electron chi connectivity index (χ0n) is 19.0. The fourth-order valence-electron chi connectivity index (χ4n) is 3.94. The molecule has 10 nitrogen and oxygen atoms in total. The van der Waals surface area contributed by atoms with Crippen LogP contribution in [-0.4, -0.2) is 41.1 Å². The minimum Gasteiger partial charge on any atom is -0.346 e. The highest BCUT2D eigenvalue weighted by Crippen LogP contribution is 2.42. The fraction of sp³-hybridized carbons (Fsp3) is 0.375. The van der Waals surface area contributed by atoms with Gasteiger partial charge in [0.05, 0.1) is 17.5 Å². The highest BCUT2D eigenvalue weighted by Gasteiger charge is 2.29. The molecule has 2 N–H and O–H groups in total. The van der Waals surface area contributed by atoms with Crippen LogP contribution in [0.15, 0.2) is 30.6 Å². The number of unbranched alkanes of at least 4 members (excludes halogenated alkanes) is 1. The van der Waals surface area contributed by atoms with Crippen molar-refractivity contribution < 1.29 is 4.79 Å². The van der Waals surface area contributed by atoms with Crippen LogP contribution in [0.4, 0.5) is 0 Å². The van der Waals surface area contributed by atoms with E-state index in [-0.39, 0.29) is 5.91 Å². The first-order valence-electron chi connectivity index (χ1n) is 11.5. The first kappa shape index (κ1) is 21.7. The lowest BCUT2D eigenvalue weighted by Crippen LogP contribution is -2.23. The smallest absolute Gasteiger partial charge is 0.273 e. The molecule has 0 atom stereocenters. The Morgan fingerprint density at radius 2 is 2.15 bits per heavy atom. The average molecular weight is 456 g/mol. The molecular formula is C24H25N9O. The summed E-state index contributed by atoms with van der Waals surface area (Å²) in [7, 11) is 0. The second kappa shape index (κ2) is 9.39. The maximum atomic E-state index is 12.3. The quantitative estimate of drug-likeness (QED) is 0.370. The Morgan fingerprint density at radius 1 is 1.26 bits per heavy atom. The number of aromatic nitrogens is 7. The molecule has 34 heavy (non-hydrogen) atoms. The Kier molecular flexibility index (Phi) is 5.99. The van der Waals surface area contributed by atoms with Gasteiger partial charge in [-0.05, 0) is 56.7 Å². The first-order chi connectivity index (χ1) is 16.6. The summed E-state index contributed by atoms with van der Waals surface area (Å²) in [4.78, 5) is 19.8. The van der Waals surface area contributed by atoms with Gasteiger partial charge in [-0.15, -0.1) is 10.2 Å². The number of nitrogens with zero attached hydrogens (tertiary/aromatic N) is 7. The summed E-state index contributed by atoms with van der Waals surface area (Å²) >= 11 is 0. The molecule has 0 aliphatic heterocycles. The Morgan fingerprint density at radius 3 is 2.91 bits per heavy atom. The van der Waals surface area contributed by atoms with Gasteiger partial charge in [0.15, 0.2) is 11.3 Å². The van der Waals surface area contributed by atoms with Gasteiger partial charge < -0.3 is 10.3 Å². The summed E-state index contributed by atoms with van der Waals surface area (Å²) in [5.74, 6) is 0.197. The fourth-order valence-corrected chi connectivity index (χ4v) is 3.94. The standard InChI is InChI=1S/C24H25N9O/c1-15-5-6-16(12-26-15)13-27-24(34)21-14-33(32-30-21)9-3-2-4-18-10-19-20(11-25)22(17-7-8-17)28-23(19)31-29-18/h5-6,10,12,14,17H,2-4,7-9,13H2,1H3,(H,27,34)(H,28,31). The van der Waals surface area contributed by atoms with E-state index in [0.29, 0.717) is 35.9 Å². The number of carbonyl (C=O) groups excluding carboxylic acids is 1. The predicted octanol–water partition coefficient (Wildman–Crippen LogP) is 2.95. The number of hydrogen-bond acceptors (Lipinski definition) is 7. The van der Waals surface area contributed by atoms with E-state index in [2.05, 4.69) is 41.9 Å². The normalized spacial score (nSPS) is 13.2. The van der Waals surface area contributed by atoms with Crippen molar-refractivity contribution in [3.05, 3.63) is 64.5 Å². The molecule has 0 unspecified atom stereocenters. The van der Waals surface area contributed by atoms with Gasteiger partial charge in [0, 0.05) is 42.0 Å². The molecule has 0 radical (unpaired) electrons. The van der Waals surface area contributed by atoms with Crippen molar-refractivity contribution >= 4 is 16.9 Å². The summed E-state index contributed by atoms with van der Waals surface area (Å²) in [5, 5.41) is 29.9. The van der Waals surface area contributed by atoms with Gasteiger partial charge in [-0.25, -0.2) is 0 Å². The Balaban J connectivity index is 1.11. The lowest BCUT2D eigenvalue weighted by atomic mass is 10.1. The summed E-state index contributed by atoms with van der Waals surface area (Å²) in [6.45, 7) is 2.96. The Bertz CT molecular complexity index is 1360. The van der Waals surface area contributed by atoms with E-state index in [4.69, 9.17) is 0 Å². The topological polar surface area (TPSA) is 138 Å². The Labute approximate surface area is 196 Å². The summed E-state index contributed by atoms with van der Waals surface area (Å²) in [6.07, 6.45) is 8.14. The van der Waals surface area contributed by atoms with Crippen molar-refractivity contribution in [2.75, 3.05) is 0 Å². The minimum atomic E-state index is -0.263. The molecule has 4 aromatic rings. The van der Waals surface area contributed by atoms with E-state index in [1.807, 2.05) is 25.1 Å². The number of nitrogens with one attached hydrogen (secondary N) is 2. The molecule has 1 aliphatic carbocycles. The van der Waals surface area contributed by atoms with Crippen molar-refractivity contribution in [3.8, 4) is 6.07 Å². The number of hydrogen-bond donors (Lipinski definition) is 2. The van der Waals surface area contributed by atoms with E-state index in [0.717, 1.165) is 60.1 Å². The molecule has 0 spiro atoms. The zero-order chi connectivity index (χ0) is 23.5. The number of fused-ring (bicyclic) bond motifs is 1. The molecule has 5 rings (SSSR count). The van der Waals surface area contributed by atoms with Gasteiger partial charge in [-0.2, -0.15) is 10.4 Å². The number of pyridine rings is 1. The maximum Gasteiger partial charge on any atom is 0.273 e. The van der Waals surface area contributed by atoms with Crippen molar-refractivity contribution in [1.29, 1.82) is 5.26 Å². The van der Waals surface area contributed by atoms with Crippen LogP contribution < -0.4 is 5.32 Å². The molecule has 1 saturated carbocycles. The van der Waals surface area contributed by atoms with Crippen LogP contribution in [0.5, 0.6) is 0 Å². The third kappa shape index (κ3) is 4.78. The van der Waals surface area contributed by atoms with Gasteiger partial charge in [0.25, 0.3) is 5.91 Å². The number of carbonyl (C=O) groups is 1. The average Bonchev–Trinajstić information content (AvgIpc) is 3.47. The lowest BCUT2D eigenvalue weighted by Gasteiger charge is -2.03. The monoisotopic (exact) mass is 455 g/mol. The molecule has 0 bridgehead atoms. The van der Waals surface area contributed by atoms with Crippen LogP contribution in [0.2, 0.25) is 0 Å². The lowest BCUT2D eigenvalue weighted by molar-refractivity contribution is 0.0946. The Hall–Kier alpha value is -4.13. The van der Waals surface area contributed by atoms with Gasteiger partial charge in [-0.3, -0.25) is 14.5 Å². The molecule has 172 valence electrons. The van der Waals surface area contributed by atoms with Gasteiger partial charge in [0.2, 0.25) is 0 Å². The van der Waals surface area contributed by atoms with Crippen molar-refractivity contribution in [2.45, 2.75) is 58.0 Å². The highest BCUT2D eigenvalue weighted by molar-refractivity contribution is 5.91. The van der Waals surface area contributed by atoms with Crippen molar-refractivity contribution in [2.24, 2.45) is 0 Å². The van der Waals surface area contributed by atoms with Crippen molar-refractivity contribution in [3.63, 3.8) is 0 Å². The number of nitriles is 1. The minimum absolute atomic E-state index is 0.263. The molecule has 1 aliphatic rings. The molecule has 10 heteroatoms. The molecule has 4 heterocycles. The number of H-pyrrole nitrogens is 1. The van der Waals surface area contributed by atoms with E-state index < -0.39 is 0 Å². The van der Waals surface area contributed by atoms with Crippen LogP contribution in [0, 0.1) is 18.3 Å². The van der Waals surface area contributed by atoms with E-state index >= 15 is 0 Å². The maximum absolute atomic E-state index is 12.3. The van der Waals surface area contributed by atoms with Crippen LogP contribution in [0.1, 0.15) is 70.3 Å². The van der Waals surface area contributed by atoms with Gasteiger partial charge in [-0.1, -0.05) is 11.3 Å². The van der Waals surface area contributed by atoms with Crippen LogP contribution >= 0.6 is 0 Å². The SMILES string of the molecule is Cc1ccc(CNC(=O)c2cn(CCCCc3cc4c(C#N)c(C5CC5)[nH]c4nn3)nn2)cn1. The second-order valence-electron chi connectivity index (χ2n) is 8.71. The van der Waals surface area contributed by atoms with E-state index in [9.17, 15) is 10.1 Å². The first-order valence-corrected chi connectivity index (χ1v) is 11.5. The molecule has 1 fully saturated rings. The molecule has 1 amide bonds. The second-order valence-corrected chi connectivity index (χ2v) is 8.71. The largest absolute Gasteiger partial charge is 0.346 e. The molecule has 4 aromatic heterocycles. The number of amides is 1. The van der Waals surface area contributed by atoms with Gasteiger partial charge in [0.1, 0.15) is 6.07 Å². The molecule has 0 aromatic carbocycles. The summed E-state index contributed by atoms with van der Waals surface area (Å²) < 4.78 is 1.68. The number of aromatic amines is 1. The number of rotatable bonds is 9. The van der Waals surface area contributed by atoms with Crippen LogP contribution in [0.25, 0.3) is 11.0 Å². The van der Waals surface area contributed by atoms with Crippen LogP contribution in [0.3, 0.4) is 0 Å². The summed E-state index contributed by atoms with van der Waals surface area (Å²) in [5.41, 5.74) is 5.43. The third-order valence-electron chi connectivity index (χ3n) is 6.00. The predicted molar refractivity (Wildman–Crippen MR) is 124 cm³/mol. The summed E-state index contributed by atoms with van der Waals surface area (Å²) in [6, 6.07) is 8.16. The molecule has 0 saturated heterocycles. The van der Waals surface area contributed by atoms with E-state index in [1.54, 1.807) is 17.1 Å². The van der Waals surface area contributed by atoms with Crippen LogP contribution in [-0.2, 0) is 19.5 Å². The van der Waals surface area contributed by atoms with Crippen molar-refractivity contribution in [1.82, 2.24) is 40.5 Å². The molecular weight excluding hydrogens is 430 g/mol. The zero-order valence-corrected chi connectivity index (χ0v) is 19.0.